The summed E-state index contributed by atoms with van der Waals surface area (Å²) in [6.07, 6.45) is 0.860. The van der Waals surface area contributed by atoms with E-state index in [9.17, 15) is 9.18 Å². The molecular weight excluding hydrogens is 321 g/mol. The molecule has 4 nitrogen and oxygen atoms in total. The van der Waals surface area contributed by atoms with E-state index in [1.54, 1.807) is 6.07 Å². The Morgan fingerprint density at radius 1 is 1.28 bits per heavy atom. The Morgan fingerprint density at radius 3 is 2.96 bits per heavy atom. The number of methoxy groups -OCH3 is 1. The number of carbonyl (C=O) groups is 1. The fourth-order valence-electron chi connectivity index (χ4n) is 3.17. The van der Waals surface area contributed by atoms with Crippen LogP contribution < -0.4 is 4.74 Å². The van der Waals surface area contributed by atoms with Gasteiger partial charge in [-0.1, -0.05) is 24.3 Å². The third kappa shape index (κ3) is 2.82. The van der Waals surface area contributed by atoms with E-state index in [0.717, 1.165) is 22.9 Å². The normalized spacial score (nSPS) is 12.7. The lowest BCUT2D eigenvalue weighted by Crippen LogP contribution is -2.05. The number of rotatable bonds is 3. The highest BCUT2D eigenvalue weighted by Gasteiger charge is 2.23. The zero-order valence-electron chi connectivity index (χ0n) is 13.7. The monoisotopic (exact) mass is 337 g/mol. The summed E-state index contributed by atoms with van der Waals surface area (Å²) in [6, 6.07) is 12.5. The van der Waals surface area contributed by atoms with Crippen LogP contribution in [0.3, 0.4) is 0 Å². The van der Waals surface area contributed by atoms with Crippen LogP contribution in [0.2, 0.25) is 0 Å². The van der Waals surface area contributed by atoms with Crippen molar-refractivity contribution in [3.05, 3.63) is 59.4 Å². The predicted molar refractivity (Wildman–Crippen MR) is 92.1 cm³/mol. The van der Waals surface area contributed by atoms with Crippen molar-refractivity contribution in [1.29, 1.82) is 0 Å². The number of benzene rings is 2. The minimum Gasteiger partial charge on any atom is -0.492 e. The van der Waals surface area contributed by atoms with Gasteiger partial charge in [-0.05, 0) is 29.3 Å². The molecule has 0 N–H and O–H groups in total. The van der Waals surface area contributed by atoms with Crippen LogP contribution in [0, 0.1) is 5.82 Å². The average Bonchev–Trinajstić information content (AvgIpc) is 3.09. The van der Waals surface area contributed by atoms with E-state index in [-0.39, 0.29) is 18.1 Å². The van der Waals surface area contributed by atoms with E-state index >= 15 is 0 Å². The van der Waals surface area contributed by atoms with Gasteiger partial charge in [0.05, 0.1) is 25.7 Å². The smallest absolute Gasteiger partial charge is 0.309 e. The number of hydrogen-bond acceptors (Lipinski definition) is 4. The molecule has 1 aromatic heterocycles. The van der Waals surface area contributed by atoms with Crippen LogP contribution in [0.1, 0.15) is 11.1 Å². The summed E-state index contributed by atoms with van der Waals surface area (Å²) in [5.41, 5.74) is 3.26. The molecule has 0 spiro atoms. The average molecular weight is 337 g/mol. The second kappa shape index (κ2) is 6.16. The van der Waals surface area contributed by atoms with Crippen LogP contribution in [0.4, 0.5) is 4.39 Å². The Hall–Kier alpha value is -2.95. The van der Waals surface area contributed by atoms with Crippen molar-refractivity contribution in [2.24, 2.45) is 0 Å². The Labute approximate surface area is 144 Å². The molecular formula is C20H16FNO3. The number of nitrogens with zero attached hydrogens (tertiary/aromatic N) is 1. The van der Waals surface area contributed by atoms with E-state index in [1.807, 2.05) is 30.3 Å². The SMILES string of the molecule is COC(=O)Cc1cc2c(c(-c3nc4ccccc4cc3F)c1)OCC2. The van der Waals surface area contributed by atoms with Gasteiger partial charge < -0.3 is 9.47 Å². The third-order valence-electron chi connectivity index (χ3n) is 4.35. The van der Waals surface area contributed by atoms with Crippen molar-refractivity contribution in [3.8, 4) is 17.0 Å². The van der Waals surface area contributed by atoms with E-state index in [1.165, 1.54) is 13.2 Å². The molecule has 1 aliphatic rings. The second-order valence-electron chi connectivity index (χ2n) is 5.99. The van der Waals surface area contributed by atoms with Gasteiger partial charge in [0.1, 0.15) is 17.3 Å². The Kier molecular flexibility index (Phi) is 3.84. The van der Waals surface area contributed by atoms with Crippen molar-refractivity contribution in [3.63, 3.8) is 0 Å². The van der Waals surface area contributed by atoms with Crippen molar-refractivity contribution in [1.82, 2.24) is 4.98 Å². The summed E-state index contributed by atoms with van der Waals surface area (Å²) < 4.78 is 25.2. The number of esters is 1. The molecule has 0 radical (unpaired) electrons. The molecule has 0 aliphatic carbocycles. The van der Waals surface area contributed by atoms with Gasteiger partial charge in [-0.25, -0.2) is 9.37 Å². The van der Waals surface area contributed by atoms with Gasteiger partial charge in [-0.15, -0.1) is 0 Å². The highest BCUT2D eigenvalue weighted by Crippen LogP contribution is 2.39. The van der Waals surface area contributed by atoms with Gasteiger partial charge >= 0.3 is 5.97 Å². The highest BCUT2D eigenvalue weighted by atomic mass is 19.1. The van der Waals surface area contributed by atoms with Crippen LogP contribution in [0.15, 0.2) is 42.5 Å². The molecule has 0 amide bonds. The lowest BCUT2D eigenvalue weighted by Gasteiger charge is -2.12. The molecule has 1 aliphatic heterocycles. The van der Waals surface area contributed by atoms with E-state index in [0.29, 0.717) is 23.4 Å². The molecule has 0 fully saturated rings. The van der Waals surface area contributed by atoms with E-state index in [4.69, 9.17) is 9.47 Å². The zero-order valence-corrected chi connectivity index (χ0v) is 13.7. The number of hydrogen-bond donors (Lipinski definition) is 0. The number of aromatic nitrogens is 1. The number of halogens is 1. The summed E-state index contributed by atoms with van der Waals surface area (Å²) in [4.78, 5) is 16.1. The fraction of sp³-hybridized carbons (Fsp3) is 0.200. The Balaban J connectivity index is 1.89. The molecule has 0 saturated carbocycles. The molecule has 0 atom stereocenters. The maximum Gasteiger partial charge on any atom is 0.309 e. The van der Waals surface area contributed by atoms with Gasteiger partial charge in [-0.3, -0.25) is 4.79 Å². The molecule has 2 aromatic carbocycles. The van der Waals surface area contributed by atoms with Crippen LogP contribution in [-0.4, -0.2) is 24.7 Å². The number of carbonyl (C=O) groups excluding carboxylic acids is 1. The van der Waals surface area contributed by atoms with Gasteiger partial charge in [0.2, 0.25) is 0 Å². The quantitative estimate of drug-likeness (QED) is 0.684. The van der Waals surface area contributed by atoms with E-state index < -0.39 is 5.82 Å². The predicted octanol–water partition coefficient (Wildman–Crippen LogP) is 3.69. The summed E-state index contributed by atoms with van der Waals surface area (Å²) >= 11 is 0. The molecule has 25 heavy (non-hydrogen) atoms. The highest BCUT2D eigenvalue weighted by molar-refractivity contribution is 5.84. The lowest BCUT2D eigenvalue weighted by atomic mass is 9.98. The molecule has 0 unspecified atom stereocenters. The molecule has 126 valence electrons. The van der Waals surface area contributed by atoms with Crippen LogP contribution in [-0.2, 0) is 22.4 Å². The molecule has 3 aromatic rings. The van der Waals surface area contributed by atoms with Gasteiger partial charge in [0.25, 0.3) is 0 Å². The van der Waals surface area contributed by atoms with Crippen molar-refractivity contribution in [2.75, 3.05) is 13.7 Å². The minimum atomic E-state index is -0.411. The fourth-order valence-corrected chi connectivity index (χ4v) is 3.17. The first-order chi connectivity index (χ1) is 12.2. The van der Waals surface area contributed by atoms with Crippen LogP contribution in [0.5, 0.6) is 5.75 Å². The van der Waals surface area contributed by atoms with E-state index in [2.05, 4.69) is 4.98 Å². The summed E-state index contributed by atoms with van der Waals surface area (Å²) in [7, 11) is 1.35. The van der Waals surface area contributed by atoms with Crippen molar-refractivity contribution in [2.45, 2.75) is 12.8 Å². The van der Waals surface area contributed by atoms with Crippen molar-refractivity contribution >= 4 is 16.9 Å². The molecule has 0 saturated heterocycles. The summed E-state index contributed by atoms with van der Waals surface area (Å²) in [5.74, 6) is -0.0985. The van der Waals surface area contributed by atoms with Crippen LogP contribution >= 0.6 is 0 Å². The first-order valence-corrected chi connectivity index (χ1v) is 8.07. The molecule has 2 heterocycles. The largest absolute Gasteiger partial charge is 0.492 e. The Morgan fingerprint density at radius 2 is 2.12 bits per heavy atom. The molecule has 4 rings (SSSR count). The van der Waals surface area contributed by atoms with Crippen LogP contribution in [0.25, 0.3) is 22.2 Å². The zero-order chi connectivity index (χ0) is 17.4. The molecule has 0 bridgehead atoms. The maximum absolute atomic E-state index is 14.7. The summed E-state index contributed by atoms with van der Waals surface area (Å²) in [5, 5.41) is 0.743. The molecule has 5 heteroatoms. The first kappa shape index (κ1) is 15.6. The van der Waals surface area contributed by atoms with Gasteiger partial charge in [-0.2, -0.15) is 0 Å². The minimum absolute atomic E-state index is 0.131. The second-order valence-corrected chi connectivity index (χ2v) is 5.99. The number of para-hydroxylation sites is 1. The maximum atomic E-state index is 14.7. The standard InChI is InChI=1S/C20H16FNO3/c1-24-18(23)10-12-8-14-6-7-25-20(14)15(9-12)19-16(21)11-13-4-2-3-5-17(13)22-19/h2-5,8-9,11H,6-7,10H2,1H3. The van der Waals surface area contributed by atoms with Crippen molar-refractivity contribution < 1.29 is 18.7 Å². The third-order valence-corrected chi connectivity index (χ3v) is 4.35. The summed E-state index contributed by atoms with van der Waals surface area (Å²) in [6.45, 7) is 0.541. The van der Waals surface area contributed by atoms with Gasteiger partial charge in [0.15, 0.2) is 0 Å². The number of pyridine rings is 1. The van der Waals surface area contributed by atoms with Gasteiger partial charge in [0, 0.05) is 17.4 Å². The number of ether oxygens (including phenoxy) is 2. The lowest BCUT2D eigenvalue weighted by molar-refractivity contribution is -0.139. The Bertz CT molecular complexity index is 984. The number of fused-ring (bicyclic) bond motifs is 2. The first-order valence-electron chi connectivity index (χ1n) is 8.07. The topological polar surface area (TPSA) is 48.4 Å².